The van der Waals surface area contributed by atoms with Crippen LogP contribution in [0.4, 0.5) is 13.2 Å². The highest BCUT2D eigenvalue weighted by Gasteiger charge is 2.48. The Balaban J connectivity index is 1.44. The van der Waals surface area contributed by atoms with Gasteiger partial charge in [-0.15, -0.1) is 0 Å². The summed E-state index contributed by atoms with van der Waals surface area (Å²) >= 11 is 0. The Morgan fingerprint density at radius 2 is 1.97 bits per heavy atom. The van der Waals surface area contributed by atoms with E-state index < -0.39 is 55.0 Å². The molecule has 2 fully saturated rings. The maximum atomic E-state index is 13.5. The molecule has 29 heavy (non-hydrogen) atoms. The van der Waals surface area contributed by atoms with E-state index in [0.717, 1.165) is 16.7 Å². The van der Waals surface area contributed by atoms with Crippen molar-refractivity contribution in [3.8, 4) is 0 Å². The van der Waals surface area contributed by atoms with Gasteiger partial charge in [-0.3, -0.25) is 27.9 Å². The number of fused-ring (bicyclic) bond motifs is 1. The second-order valence-electron chi connectivity index (χ2n) is 6.42. The van der Waals surface area contributed by atoms with Crippen molar-refractivity contribution in [3.05, 3.63) is 68.2 Å². The Morgan fingerprint density at radius 1 is 1.17 bits per heavy atom. The molecule has 2 aliphatic rings. The van der Waals surface area contributed by atoms with Gasteiger partial charge in [-0.2, -0.15) is 4.39 Å². The third-order valence-electron chi connectivity index (χ3n) is 4.45. The third-order valence-corrected chi connectivity index (χ3v) is 5.89. The minimum atomic E-state index is -4.04. The summed E-state index contributed by atoms with van der Waals surface area (Å²) in [6.07, 6.45) is -1.77. The standard InChI is InChI=1S/C16H14F3N2O7P/c17-9-2-1-8(3-10(9)18)6-25-29(24)26-7-13-12(28-29)4-14(27-13)21-5-11(19)15(22)20-16(21)23/h1-3,5,12-14H,4,6-7H2,(H,20,22,23)/t12-,13+,14+,29?/m0/s1. The molecule has 1 unspecified atom stereocenters. The van der Waals surface area contributed by atoms with Crippen LogP contribution in [0.25, 0.3) is 0 Å². The molecule has 0 aliphatic carbocycles. The number of aromatic amines is 1. The van der Waals surface area contributed by atoms with E-state index in [0.29, 0.717) is 6.20 Å². The fourth-order valence-electron chi connectivity index (χ4n) is 3.02. The number of rotatable bonds is 4. The summed E-state index contributed by atoms with van der Waals surface area (Å²) < 4.78 is 74.4. The van der Waals surface area contributed by atoms with Crippen LogP contribution in [0.2, 0.25) is 0 Å². The molecule has 4 rings (SSSR count). The van der Waals surface area contributed by atoms with Crippen LogP contribution in [0, 0.1) is 17.5 Å². The quantitative estimate of drug-likeness (QED) is 0.733. The smallest absolute Gasteiger partial charge is 0.349 e. The maximum Gasteiger partial charge on any atom is 0.475 e. The second kappa shape index (κ2) is 7.54. The van der Waals surface area contributed by atoms with Crippen LogP contribution in [0.5, 0.6) is 0 Å². The van der Waals surface area contributed by atoms with Crippen molar-refractivity contribution in [2.45, 2.75) is 31.5 Å². The largest absolute Gasteiger partial charge is 0.475 e. The molecule has 1 N–H and O–H groups in total. The Bertz CT molecular complexity index is 1100. The number of ether oxygens (including phenoxy) is 1. The topological polar surface area (TPSA) is 109 Å². The molecule has 0 bridgehead atoms. The summed E-state index contributed by atoms with van der Waals surface area (Å²) in [7, 11) is -4.04. The van der Waals surface area contributed by atoms with E-state index in [2.05, 4.69) is 0 Å². The summed E-state index contributed by atoms with van der Waals surface area (Å²) in [5.41, 5.74) is -1.82. The minimum absolute atomic E-state index is 0.0118. The molecular weight excluding hydrogens is 420 g/mol. The molecule has 9 nitrogen and oxygen atoms in total. The molecular formula is C16H14F3N2O7P. The first kappa shape index (κ1) is 20.0. The van der Waals surface area contributed by atoms with Crippen LogP contribution < -0.4 is 11.2 Å². The molecule has 2 aromatic rings. The van der Waals surface area contributed by atoms with Gasteiger partial charge in [0.1, 0.15) is 18.4 Å². The summed E-state index contributed by atoms with van der Waals surface area (Å²) in [4.78, 5) is 24.8. The van der Waals surface area contributed by atoms with Crippen molar-refractivity contribution >= 4 is 7.82 Å². The van der Waals surface area contributed by atoms with Gasteiger partial charge in [0.15, 0.2) is 11.6 Å². The van der Waals surface area contributed by atoms with E-state index in [1.165, 1.54) is 6.07 Å². The molecule has 4 atom stereocenters. The van der Waals surface area contributed by atoms with E-state index in [9.17, 15) is 27.3 Å². The lowest BCUT2D eigenvalue weighted by Gasteiger charge is -2.29. The molecule has 0 amide bonds. The average molecular weight is 434 g/mol. The molecule has 0 radical (unpaired) electrons. The van der Waals surface area contributed by atoms with Gasteiger partial charge in [0, 0.05) is 6.42 Å². The number of H-pyrrole nitrogens is 1. The fourth-order valence-corrected chi connectivity index (χ4v) is 4.40. The molecule has 0 spiro atoms. The van der Waals surface area contributed by atoms with Crippen molar-refractivity contribution in [2.75, 3.05) is 6.61 Å². The van der Waals surface area contributed by atoms with Crippen molar-refractivity contribution in [1.82, 2.24) is 9.55 Å². The normalized spacial score (nSPS) is 29.0. The highest BCUT2D eigenvalue weighted by atomic mass is 31.2. The Kier molecular flexibility index (Phi) is 5.21. The molecule has 3 heterocycles. The molecule has 156 valence electrons. The number of benzene rings is 1. The first-order valence-electron chi connectivity index (χ1n) is 8.42. The lowest BCUT2D eigenvalue weighted by atomic mass is 10.2. The number of halogens is 3. The first-order valence-corrected chi connectivity index (χ1v) is 9.88. The summed E-state index contributed by atoms with van der Waals surface area (Å²) in [6, 6.07) is 3.04. The Labute approximate surface area is 160 Å². The predicted molar refractivity (Wildman–Crippen MR) is 89.4 cm³/mol. The number of aromatic nitrogens is 2. The molecule has 13 heteroatoms. The highest BCUT2D eigenvalue weighted by Crippen LogP contribution is 2.57. The first-order chi connectivity index (χ1) is 13.7. The van der Waals surface area contributed by atoms with Crippen molar-refractivity contribution in [1.29, 1.82) is 0 Å². The number of hydrogen-bond donors (Lipinski definition) is 1. The summed E-state index contributed by atoms with van der Waals surface area (Å²) in [5, 5.41) is 0. The van der Waals surface area contributed by atoms with Crippen LogP contribution in [-0.4, -0.2) is 28.4 Å². The fraction of sp³-hybridized carbons (Fsp3) is 0.375. The van der Waals surface area contributed by atoms with E-state index in [1.807, 2.05) is 4.98 Å². The zero-order valence-electron chi connectivity index (χ0n) is 14.5. The van der Waals surface area contributed by atoms with Crippen LogP contribution in [0.3, 0.4) is 0 Å². The molecule has 2 saturated heterocycles. The summed E-state index contributed by atoms with van der Waals surface area (Å²) in [6.45, 7) is -0.558. The lowest BCUT2D eigenvalue weighted by molar-refractivity contribution is -0.0731. The number of phosphoric ester groups is 1. The maximum absolute atomic E-state index is 13.5. The van der Waals surface area contributed by atoms with Crippen molar-refractivity contribution in [2.24, 2.45) is 0 Å². The van der Waals surface area contributed by atoms with Crippen LogP contribution >= 0.6 is 7.82 Å². The molecule has 1 aromatic heterocycles. The average Bonchev–Trinajstić information content (AvgIpc) is 3.08. The Hall–Kier alpha value is -2.24. The predicted octanol–water partition coefficient (Wildman–Crippen LogP) is 1.98. The minimum Gasteiger partial charge on any atom is -0.349 e. The van der Waals surface area contributed by atoms with Gasteiger partial charge < -0.3 is 4.74 Å². The third kappa shape index (κ3) is 4.07. The van der Waals surface area contributed by atoms with E-state index in [-0.39, 0.29) is 25.2 Å². The van der Waals surface area contributed by atoms with E-state index in [1.54, 1.807) is 0 Å². The molecule has 1 aromatic carbocycles. The number of nitrogens with one attached hydrogen (secondary N) is 1. The zero-order chi connectivity index (χ0) is 20.8. The van der Waals surface area contributed by atoms with Crippen molar-refractivity contribution < 1.29 is 36.0 Å². The van der Waals surface area contributed by atoms with E-state index in [4.69, 9.17) is 18.3 Å². The van der Waals surface area contributed by atoms with Crippen LogP contribution in [0.1, 0.15) is 18.2 Å². The van der Waals surface area contributed by atoms with Crippen LogP contribution in [0.15, 0.2) is 34.0 Å². The zero-order valence-corrected chi connectivity index (χ0v) is 15.4. The van der Waals surface area contributed by atoms with Crippen LogP contribution in [-0.2, 0) is 29.5 Å². The number of phosphoric acid groups is 1. The van der Waals surface area contributed by atoms with Gasteiger partial charge in [-0.1, -0.05) is 6.07 Å². The van der Waals surface area contributed by atoms with E-state index >= 15 is 0 Å². The van der Waals surface area contributed by atoms with Gasteiger partial charge in [0.25, 0.3) is 5.56 Å². The number of nitrogens with zero attached hydrogens (tertiary/aromatic N) is 1. The molecule has 2 aliphatic heterocycles. The SMILES string of the molecule is O=c1[nH]c(=O)n([C@H]2C[C@@H]3OP(=O)(OCc4ccc(F)c(F)c4)OC[C@H]3O2)cc1F. The van der Waals surface area contributed by atoms with Crippen molar-refractivity contribution in [3.63, 3.8) is 0 Å². The Morgan fingerprint density at radius 3 is 2.72 bits per heavy atom. The monoisotopic (exact) mass is 434 g/mol. The second-order valence-corrected chi connectivity index (χ2v) is 8.04. The lowest BCUT2D eigenvalue weighted by Crippen LogP contribution is -2.34. The summed E-state index contributed by atoms with van der Waals surface area (Å²) in [5.74, 6) is -3.28. The van der Waals surface area contributed by atoms with Gasteiger partial charge in [-0.05, 0) is 17.7 Å². The van der Waals surface area contributed by atoms with Gasteiger partial charge >= 0.3 is 13.5 Å². The van der Waals surface area contributed by atoms with Gasteiger partial charge in [0.2, 0.25) is 5.82 Å². The molecule has 0 saturated carbocycles. The van der Waals surface area contributed by atoms with Gasteiger partial charge in [0.05, 0.1) is 19.4 Å². The number of hydrogen-bond acceptors (Lipinski definition) is 7. The van der Waals surface area contributed by atoms with Gasteiger partial charge in [-0.25, -0.2) is 18.1 Å². The highest BCUT2D eigenvalue weighted by molar-refractivity contribution is 7.48.